The highest BCUT2D eigenvalue weighted by Crippen LogP contribution is 2.19. The SMILES string of the molecule is Cl.O=C(NC1CCCNC1)c1c(F)cc(Br)cc1F. The van der Waals surface area contributed by atoms with Gasteiger partial charge < -0.3 is 10.6 Å². The van der Waals surface area contributed by atoms with E-state index in [-0.39, 0.29) is 22.9 Å². The van der Waals surface area contributed by atoms with Crippen molar-refractivity contribution in [3.05, 3.63) is 33.8 Å². The predicted molar refractivity (Wildman–Crippen MR) is 74.7 cm³/mol. The largest absolute Gasteiger partial charge is 0.348 e. The molecule has 1 saturated heterocycles. The molecule has 0 saturated carbocycles. The van der Waals surface area contributed by atoms with Crippen LogP contribution >= 0.6 is 28.3 Å². The topological polar surface area (TPSA) is 41.1 Å². The van der Waals surface area contributed by atoms with E-state index < -0.39 is 23.1 Å². The van der Waals surface area contributed by atoms with Crippen molar-refractivity contribution in [1.82, 2.24) is 10.6 Å². The molecule has 1 unspecified atom stereocenters. The highest BCUT2D eigenvalue weighted by atomic mass is 79.9. The summed E-state index contributed by atoms with van der Waals surface area (Å²) in [4.78, 5) is 11.8. The van der Waals surface area contributed by atoms with Crippen LogP contribution in [-0.2, 0) is 0 Å². The molecule has 106 valence electrons. The molecular weight excluding hydrogens is 341 g/mol. The van der Waals surface area contributed by atoms with Gasteiger partial charge in [0.2, 0.25) is 0 Å². The van der Waals surface area contributed by atoms with Crippen LogP contribution in [0, 0.1) is 11.6 Å². The Labute approximate surface area is 124 Å². The zero-order valence-electron chi connectivity index (χ0n) is 10.0. The summed E-state index contributed by atoms with van der Waals surface area (Å²) in [6.45, 7) is 1.54. The van der Waals surface area contributed by atoms with Gasteiger partial charge in [0.05, 0.1) is 0 Å². The van der Waals surface area contributed by atoms with Crippen LogP contribution in [0.4, 0.5) is 8.78 Å². The van der Waals surface area contributed by atoms with Gasteiger partial charge in [0, 0.05) is 17.1 Å². The van der Waals surface area contributed by atoms with E-state index in [2.05, 4.69) is 26.6 Å². The van der Waals surface area contributed by atoms with Gasteiger partial charge in [-0.3, -0.25) is 4.79 Å². The molecular formula is C12H14BrClF2N2O. The van der Waals surface area contributed by atoms with E-state index >= 15 is 0 Å². The van der Waals surface area contributed by atoms with Gasteiger partial charge in [-0.15, -0.1) is 12.4 Å². The summed E-state index contributed by atoms with van der Waals surface area (Å²) >= 11 is 2.97. The fraction of sp³-hybridized carbons (Fsp3) is 0.417. The Morgan fingerprint density at radius 2 is 2.00 bits per heavy atom. The van der Waals surface area contributed by atoms with Crippen LogP contribution in [0.1, 0.15) is 23.2 Å². The lowest BCUT2D eigenvalue weighted by atomic mass is 10.1. The number of benzene rings is 1. The molecule has 19 heavy (non-hydrogen) atoms. The van der Waals surface area contributed by atoms with Crippen LogP contribution in [0.3, 0.4) is 0 Å². The Hall–Kier alpha value is -0.720. The second-order valence-electron chi connectivity index (χ2n) is 4.26. The Kier molecular flexibility index (Phi) is 6.16. The molecule has 1 fully saturated rings. The van der Waals surface area contributed by atoms with Gasteiger partial charge >= 0.3 is 0 Å². The number of hydrogen-bond donors (Lipinski definition) is 2. The van der Waals surface area contributed by atoms with Gasteiger partial charge in [-0.25, -0.2) is 8.78 Å². The average Bonchev–Trinajstić information content (AvgIpc) is 2.28. The molecule has 0 aromatic heterocycles. The van der Waals surface area contributed by atoms with Gasteiger partial charge in [0.25, 0.3) is 5.91 Å². The minimum absolute atomic E-state index is 0. The van der Waals surface area contributed by atoms with Crippen molar-refractivity contribution in [2.75, 3.05) is 13.1 Å². The molecule has 0 bridgehead atoms. The molecule has 0 radical (unpaired) electrons. The Morgan fingerprint density at radius 3 is 2.53 bits per heavy atom. The molecule has 0 aliphatic carbocycles. The maximum Gasteiger partial charge on any atom is 0.257 e. The molecule has 3 nitrogen and oxygen atoms in total. The lowest BCUT2D eigenvalue weighted by Crippen LogP contribution is -2.46. The van der Waals surface area contributed by atoms with Crippen LogP contribution in [-0.4, -0.2) is 25.0 Å². The van der Waals surface area contributed by atoms with Crippen molar-refractivity contribution < 1.29 is 13.6 Å². The first-order valence-electron chi connectivity index (χ1n) is 5.74. The normalized spacial score (nSPS) is 18.6. The van der Waals surface area contributed by atoms with Crippen molar-refractivity contribution in [3.8, 4) is 0 Å². The Bertz CT molecular complexity index is 444. The van der Waals surface area contributed by atoms with Crippen LogP contribution in [0.15, 0.2) is 16.6 Å². The third-order valence-corrected chi connectivity index (χ3v) is 3.32. The van der Waals surface area contributed by atoms with Crippen molar-refractivity contribution in [1.29, 1.82) is 0 Å². The quantitative estimate of drug-likeness (QED) is 0.856. The molecule has 1 atom stereocenters. The lowest BCUT2D eigenvalue weighted by molar-refractivity contribution is 0.0922. The molecule has 1 amide bonds. The smallest absolute Gasteiger partial charge is 0.257 e. The van der Waals surface area contributed by atoms with Gasteiger partial charge in [-0.05, 0) is 31.5 Å². The zero-order chi connectivity index (χ0) is 13.1. The minimum Gasteiger partial charge on any atom is -0.348 e. The van der Waals surface area contributed by atoms with E-state index in [0.29, 0.717) is 6.54 Å². The summed E-state index contributed by atoms with van der Waals surface area (Å²) in [5.74, 6) is -2.42. The van der Waals surface area contributed by atoms with Gasteiger partial charge in [-0.1, -0.05) is 15.9 Å². The first-order chi connectivity index (χ1) is 8.58. The number of carbonyl (C=O) groups excluding carboxylic acids is 1. The molecule has 2 N–H and O–H groups in total. The number of hydrogen-bond acceptors (Lipinski definition) is 2. The van der Waals surface area contributed by atoms with E-state index in [1.54, 1.807) is 0 Å². The van der Waals surface area contributed by atoms with Gasteiger partial charge in [0.15, 0.2) is 0 Å². The van der Waals surface area contributed by atoms with Crippen molar-refractivity contribution in [2.45, 2.75) is 18.9 Å². The fourth-order valence-corrected chi connectivity index (χ4v) is 2.39. The van der Waals surface area contributed by atoms with E-state index in [0.717, 1.165) is 31.5 Å². The summed E-state index contributed by atoms with van der Waals surface area (Å²) in [6.07, 6.45) is 1.76. The predicted octanol–water partition coefficient (Wildman–Crippen LogP) is 2.63. The van der Waals surface area contributed by atoms with Crippen LogP contribution in [0.2, 0.25) is 0 Å². The Morgan fingerprint density at radius 1 is 1.37 bits per heavy atom. The molecule has 7 heteroatoms. The van der Waals surface area contributed by atoms with E-state index in [1.165, 1.54) is 0 Å². The van der Waals surface area contributed by atoms with Gasteiger partial charge in [-0.2, -0.15) is 0 Å². The van der Waals surface area contributed by atoms with Crippen molar-refractivity contribution in [2.24, 2.45) is 0 Å². The molecule has 1 aliphatic heterocycles. The first-order valence-corrected chi connectivity index (χ1v) is 6.53. The fourth-order valence-electron chi connectivity index (χ4n) is 1.99. The molecule has 1 aromatic carbocycles. The number of piperidine rings is 1. The number of rotatable bonds is 2. The summed E-state index contributed by atoms with van der Waals surface area (Å²) in [5, 5.41) is 5.76. The van der Waals surface area contributed by atoms with Crippen LogP contribution < -0.4 is 10.6 Å². The third-order valence-electron chi connectivity index (χ3n) is 2.87. The van der Waals surface area contributed by atoms with Crippen molar-refractivity contribution >= 4 is 34.2 Å². The number of nitrogens with one attached hydrogen (secondary N) is 2. The molecule has 1 aromatic rings. The molecule has 1 heterocycles. The number of halogens is 4. The Balaban J connectivity index is 0.00000180. The standard InChI is InChI=1S/C12H13BrF2N2O.ClH/c13-7-4-9(14)11(10(15)5-7)12(18)17-8-2-1-3-16-6-8;/h4-5,8,16H,1-3,6H2,(H,17,18);1H. The van der Waals surface area contributed by atoms with Crippen LogP contribution in [0.5, 0.6) is 0 Å². The second-order valence-corrected chi connectivity index (χ2v) is 5.18. The number of carbonyl (C=O) groups is 1. The van der Waals surface area contributed by atoms with Crippen LogP contribution in [0.25, 0.3) is 0 Å². The minimum atomic E-state index is -0.858. The zero-order valence-corrected chi connectivity index (χ0v) is 12.4. The monoisotopic (exact) mass is 354 g/mol. The maximum absolute atomic E-state index is 13.6. The number of amides is 1. The third kappa shape index (κ3) is 4.12. The molecule has 2 rings (SSSR count). The highest BCUT2D eigenvalue weighted by molar-refractivity contribution is 9.10. The van der Waals surface area contributed by atoms with Crippen molar-refractivity contribution in [3.63, 3.8) is 0 Å². The maximum atomic E-state index is 13.6. The summed E-state index contributed by atoms with van der Waals surface area (Å²) in [6, 6.07) is 2.09. The van der Waals surface area contributed by atoms with Gasteiger partial charge in [0.1, 0.15) is 17.2 Å². The molecule has 0 spiro atoms. The summed E-state index contributed by atoms with van der Waals surface area (Å²) < 4.78 is 27.4. The second kappa shape index (κ2) is 7.17. The van der Waals surface area contributed by atoms with E-state index in [4.69, 9.17) is 0 Å². The highest BCUT2D eigenvalue weighted by Gasteiger charge is 2.22. The lowest BCUT2D eigenvalue weighted by Gasteiger charge is -2.23. The summed E-state index contributed by atoms with van der Waals surface area (Å²) in [7, 11) is 0. The average molecular weight is 356 g/mol. The van der Waals surface area contributed by atoms with E-state index in [9.17, 15) is 13.6 Å². The molecule has 1 aliphatic rings. The first kappa shape index (κ1) is 16.3. The summed E-state index contributed by atoms with van der Waals surface area (Å²) in [5.41, 5.74) is -0.524. The van der Waals surface area contributed by atoms with E-state index in [1.807, 2.05) is 0 Å².